The van der Waals surface area contributed by atoms with Crippen LogP contribution in [-0.4, -0.2) is 17.7 Å². The van der Waals surface area contributed by atoms with Crippen LogP contribution in [0.4, 0.5) is 0 Å². The molecule has 5 heteroatoms. The van der Waals surface area contributed by atoms with E-state index in [0.29, 0.717) is 17.9 Å². The second-order valence-electron chi connectivity index (χ2n) is 3.08. The highest BCUT2D eigenvalue weighted by molar-refractivity contribution is 9.11. The molecule has 0 aliphatic rings. The van der Waals surface area contributed by atoms with Crippen LogP contribution in [0.25, 0.3) is 6.08 Å². The summed E-state index contributed by atoms with van der Waals surface area (Å²) in [6.45, 7) is 3.92. The van der Waals surface area contributed by atoms with E-state index in [1.165, 1.54) is 6.08 Å². The van der Waals surface area contributed by atoms with Gasteiger partial charge in [-0.2, -0.15) is 0 Å². The van der Waals surface area contributed by atoms with Crippen LogP contribution < -0.4 is 4.74 Å². The van der Waals surface area contributed by atoms with E-state index in [-0.39, 0.29) is 0 Å². The highest BCUT2D eigenvalue weighted by atomic mass is 79.9. The second kappa shape index (κ2) is 6.61. The fourth-order valence-corrected chi connectivity index (χ4v) is 2.53. The topological polar surface area (TPSA) is 46.5 Å². The first-order valence-electron chi connectivity index (χ1n) is 4.68. The predicted octanol–water partition coefficient (Wildman–Crippen LogP) is 3.87. The molecule has 3 nitrogen and oxygen atoms in total. The Hall–Kier alpha value is -1.07. The molecule has 1 N–H and O–H groups in total. The average Bonchev–Trinajstić information content (AvgIpc) is 2.24. The van der Waals surface area contributed by atoms with Gasteiger partial charge in [0, 0.05) is 16.1 Å². The van der Waals surface area contributed by atoms with Gasteiger partial charge in [0.25, 0.3) is 0 Å². The first-order valence-corrected chi connectivity index (χ1v) is 6.27. The van der Waals surface area contributed by atoms with Crippen molar-refractivity contribution in [2.24, 2.45) is 0 Å². The van der Waals surface area contributed by atoms with E-state index in [0.717, 1.165) is 15.0 Å². The standard InChI is InChI=1S/C12H10Br2O3/c1-2-5-17-12-8(3-4-11(15)16)6-9(13)7-10(12)14/h2-4,6-7H,1,5H2,(H,15,16). The molecule has 0 bridgehead atoms. The third-order valence-electron chi connectivity index (χ3n) is 1.79. The third kappa shape index (κ3) is 4.36. The quantitative estimate of drug-likeness (QED) is 0.639. The Morgan fingerprint density at radius 2 is 2.18 bits per heavy atom. The Labute approximate surface area is 116 Å². The third-order valence-corrected chi connectivity index (χ3v) is 2.83. The van der Waals surface area contributed by atoms with Gasteiger partial charge in [-0.15, -0.1) is 0 Å². The first-order chi connectivity index (χ1) is 8.04. The number of carbonyl (C=O) groups is 1. The molecule has 90 valence electrons. The molecule has 0 radical (unpaired) electrons. The molecule has 0 aliphatic carbocycles. The van der Waals surface area contributed by atoms with Gasteiger partial charge in [0.05, 0.1) is 4.47 Å². The van der Waals surface area contributed by atoms with Crippen molar-refractivity contribution in [3.05, 3.63) is 45.4 Å². The molecule has 0 spiro atoms. The van der Waals surface area contributed by atoms with Crippen LogP contribution in [0.2, 0.25) is 0 Å². The fraction of sp³-hybridized carbons (Fsp3) is 0.0833. The molecule has 0 heterocycles. The lowest BCUT2D eigenvalue weighted by Gasteiger charge is -2.10. The average molecular weight is 362 g/mol. The number of rotatable bonds is 5. The summed E-state index contributed by atoms with van der Waals surface area (Å²) in [5.74, 6) is -0.415. The lowest BCUT2D eigenvalue weighted by atomic mass is 10.2. The van der Waals surface area contributed by atoms with Gasteiger partial charge in [0.1, 0.15) is 12.4 Å². The Balaban J connectivity index is 3.14. The number of carboxylic acids is 1. The highest BCUT2D eigenvalue weighted by Gasteiger charge is 2.08. The van der Waals surface area contributed by atoms with Gasteiger partial charge in [-0.1, -0.05) is 28.6 Å². The van der Waals surface area contributed by atoms with E-state index in [1.54, 1.807) is 12.1 Å². The molecule has 0 saturated carbocycles. The summed E-state index contributed by atoms with van der Waals surface area (Å²) in [5, 5.41) is 8.61. The number of benzene rings is 1. The largest absolute Gasteiger partial charge is 0.488 e. The smallest absolute Gasteiger partial charge is 0.328 e. The molecule has 0 saturated heterocycles. The van der Waals surface area contributed by atoms with Crippen molar-refractivity contribution in [3.63, 3.8) is 0 Å². The maximum absolute atomic E-state index is 10.5. The number of carboxylic acid groups (broad SMARTS) is 1. The molecule has 0 unspecified atom stereocenters. The van der Waals surface area contributed by atoms with Crippen molar-refractivity contribution in [1.82, 2.24) is 0 Å². The van der Waals surface area contributed by atoms with Crippen molar-refractivity contribution >= 4 is 43.9 Å². The van der Waals surface area contributed by atoms with E-state index in [2.05, 4.69) is 38.4 Å². The summed E-state index contributed by atoms with van der Waals surface area (Å²) in [6, 6.07) is 3.61. The summed E-state index contributed by atoms with van der Waals surface area (Å²) in [7, 11) is 0. The molecular formula is C12H10Br2O3. The van der Waals surface area contributed by atoms with Gasteiger partial charge in [0.15, 0.2) is 0 Å². The van der Waals surface area contributed by atoms with Crippen LogP contribution in [0.15, 0.2) is 39.8 Å². The maximum Gasteiger partial charge on any atom is 0.328 e. The zero-order valence-corrected chi connectivity index (χ0v) is 12.0. The van der Waals surface area contributed by atoms with Crippen LogP contribution in [-0.2, 0) is 4.79 Å². The van der Waals surface area contributed by atoms with Crippen LogP contribution >= 0.6 is 31.9 Å². The van der Waals surface area contributed by atoms with Crippen molar-refractivity contribution < 1.29 is 14.6 Å². The Morgan fingerprint density at radius 3 is 2.76 bits per heavy atom. The van der Waals surface area contributed by atoms with E-state index >= 15 is 0 Å². The van der Waals surface area contributed by atoms with Gasteiger partial charge in [-0.25, -0.2) is 4.79 Å². The van der Waals surface area contributed by atoms with Crippen LogP contribution in [0.3, 0.4) is 0 Å². The summed E-state index contributed by atoms with van der Waals surface area (Å²) in [6.07, 6.45) is 4.17. The Morgan fingerprint density at radius 1 is 1.47 bits per heavy atom. The molecule has 17 heavy (non-hydrogen) atoms. The highest BCUT2D eigenvalue weighted by Crippen LogP contribution is 2.33. The number of hydrogen-bond donors (Lipinski definition) is 1. The van der Waals surface area contributed by atoms with Crippen molar-refractivity contribution in [3.8, 4) is 5.75 Å². The number of ether oxygens (including phenoxy) is 1. The molecule has 0 aromatic heterocycles. The van der Waals surface area contributed by atoms with Crippen LogP contribution in [0.5, 0.6) is 5.75 Å². The van der Waals surface area contributed by atoms with Crippen LogP contribution in [0, 0.1) is 0 Å². The molecule has 0 atom stereocenters. The number of hydrogen-bond acceptors (Lipinski definition) is 2. The van der Waals surface area contributed by atoms with Crippen molar-refractivity contribution in [1.29, 1.82) is 0 Å². The van der Waals surface area contributed by atoms with Gasteiger partial charge in [-0.3, -0.25) is 0 Å². The van der Waals surface area contributed by atoms with Gasteiger partial charge in [0.2, 0.25) is 0 Å². The zero-order chi connectivity index (χ0) is 12.8. The molecule has 0 fully saturated rings. The summed E-state index contributed by atoms with van der Waals surface area (Å²) >= 11 is 6.70. The van der Waals surface area contributed by atoms with Crippen molar-refractivity contribution in [2.75, 3.05) is 6.61 Å². The molecule has 0 aliphatic heterocycles. The zero-order valence-electron chi connectivity index (χ0n) is 8.82. The summed E-state index contributed by atoms with van der Waals surface area (Å²) in [5.41, 5.74) is 0.676. The molecule has 1 aromatic rings. The first kappa shape index (κ1) is 14.0. The minimum Gasteiger partial charge on any atom is -0.488 e. The SMILES string of the molecule is C=CCOc1c(Br)cc(Br)cc1C=CC(=O)O. The van der Waals surface area contributed by atoms with E-state index in [4.69, 9.17) is 9.84 Å². The minimum atomic E-state index is -1.00. The van der Waals surface area contributed by atoms with Gasteiger partial charge in [-0.05, 0) is 34.1 Å². The lowest BCUT2D eigenvalue weighted by Crippen LogP contribution is -1.97. The molecule has 1 aromatic carbocycles. The Kier molecular flexibility index (Phi) is 5.44. The van der Waals surface area contributed by atoms with E-state index in [9.17, 15) is 4.79 Å². The summed E-state index contributed by atoms with van der Waals surface area (Å²) in [4.78, 5) is 10.5. The number of halogens is 2. The molecular weight excluding hydrogens is 352 g/mol. The maximum atomic E-state index is 10.5. The summed E-state index contributed by atoms with van der Waals surface area (Å²) < 4.78 is 7.06. The minimum absolute atomic E-state index is 0.355. The van der Waals surface area contributed by atoms with E-state index in [1.807, 2.05) is 6.07 Å². The molecule has 0 amide bonds. The lowest BCUT2D eigenvalue weighted by molar-refractivity contribution is -0.131. The predicted molar refractivity (Wildman–Crippen MR) is 74.2 cm³/mol. The van der Waals surface area contributed by atoms with Gasteiger partial charge >= 0.3 is 5.97 Å². The Bertz CT molecular complexity index is 467. The molecule has 1 rings (SSSR count). The monoisotopic (exact) mass is 360 g/mol. The van der Waals surface area contributed by atoms with E-state index < -0.39 is 5.97 Å². The second-order valence-corrected chi connectivity index (χ2v) is 4.85. The van der Waals surface area contributed by atoms with Crippen molar-refractivity contribution in [2.45, 2.75) is 0 Å². The number of aliphatic carboxylic acids is 1. The fourth-order valence-electron chi connectivity index (χ4n) is 1.16. The normalized spacial score (nSPS) is 10.5. The van der Waals surface area contributed by atoms with Gasteiger partial charge < -0.3 is 9.84 Å². The van der Waals surface area contributed by atoms with Crippen LogP contribution in [0.1, 0.15) is 5.56 Å².